The van der Waals surface area contributed by atoms with Crippen molar-refractivity contribution in [1.29, 1.82) is 0 Å². The second-order valence-electron chi connectivity index (χ2n) is 3.72. The van der Waals surface area contributed by atoms with Crippen LogP contribution in [0.25, 0.3) is 0 Å². The molecule has 0 aliphatic rings. The quantitative estimate of drug-likeness (QED) is 0.620. The molecule has 0 saturated heterocycles. The molecule has 1 rings (SSSR count). The Morgan fingerprint density at radius 3 is 1.50 bits per heavy atom. The van der Waals surface area contributed by atoms with Crippen molar-refractivity contribution in [3.05, 3.63) is 31.5 Å². The molecule has 0 aliphatic heterocycles. The molecule has 1 heterocycles. The van der Waals surface area contributed by atoms with E-state index < -0.39 is 54.9 Å². The maximum atomic E-state index is 11.9. The second-order valence-corrected chi connectivity index (χ2v) is 4.43. The third-order valence-electron chi connectivity index (χ3n) is 2.36. The van der Waals surface area contributed by atoms with Gasteiger partial charge < -0.3 is 10.2 Å². The van der Waals surface area contributed by atoms with Crippen LogP contribution in [-0.4, -0.2) is 34.9 Å². The molecule has 0 amide bonds. The number of aliphatic carboxylic acids is 2. The zero-order valence-electron chi connectivity index (χ0n) is 9.98. The van der Waals surface area contributed by atoms with Crippen LogP contribution in [0.1, 0.15) is 12.8 Å². The van der Waals surface area contributed by atoms with E-state index in [1.54, 1.807) is 0 Å². The summed E-state index contributed by atoms with van der Waals surface area (Å²) in [6.07, 6.45) is -0.974. The number of carboxylic acids is 2. The summed E-state index contributed by atoms with van der Waals surface area (Å²) in [6.45, 7) is -0.849. The summed E-state index contributed by atoms with van der Waals surface area (Å²) < 4.78 is 1.54. The lowest BCUT2D eigenvalue weighted by atomic mass is 10.4. The number of carbonyl (C=O) groups is 2. The molecule has 2 N–H and O–H groups in total. The minimum Gasteiger partial charge on any atom is -0.481 e. The van der Waals surface area contributed by atoms with Gasteiger partial charge in [-0.25, -0.2) is 23.5 Å². The zero-order valence-corrected chi connectivity index (χ0v) is 11.6. The number of rotatable bonds is 6. The number of carboxylic acid groups (broad SMARTS) is 2. The summed E-state index contributed by atoms with van der Waals surface area (Å²) in [5.41, 5.74) is -3.08. The van der Waals surface area contributed by atoms with Gasteiger partial charge in [0.1, 0.15) is 0 Å². The molecule has 0 bridgehead atoms. The molecule has 11 heteroatoms. The fraction of sp³-hybridized carbons (Fsp3) is 0.444. The zero-order chi connectivity index (χ0) is 15.4. The predicted octanol–water partition coefficient (Wildman–Crippen LogP) is -1.72. The van der Waals surface area contributed by atoms with E-state index in [0.29, 0.717) is 12.7 Å². The summed E-state index contributed by atoms with van der Waals surface area (Å²) in [4.78, 5) is 56.2. The highest BCUT2D eigenvalue weighted by Gasteiger charge is 2.15. The average Bonchev–Trinajstić information content (AvgIpc) is 2.35. The molecule has 0 fully saturated rings. The molecule has 0 aromatic carbocycles. The summed E-state index contributed by atoms with van der Waals surface area (Å²) in [6, 6.07) is 0. The Hall–Kier alpha value is -2.17. The molecule has 0 aliphatic carbocycles. The van der Waals surface area contributed by atoms with Crippen molar-refractivity contribution in [1.82, 2.24) is 12.7 Å². The Balaban J connectivity index is 3.35. The van der Waals surface area contributed by atoms with Crippen molar-refractivity contribution in [3.63, 3.8) is 0 Å². The van der Waals surface area contributed by atoms with Crippen molar-refractivity contribution < 1.29 is 19.8 Å². The van der Waals surface area contributed by atoms with Crippen molar-refractivity contribution >= 4 is 28.1 Å². The minimum absolute atomic E-state index is 0.425. The summed E-state index contributed by atoms with van der Waals surface area (Å²) in [5, 5.41) is 17.1. The van der Waals surface area contributed by atoms with Crippen LogP contribution in [0, 0.1) is 0 Å². The molecule has 1 aromatic rings. The normalized spacial score (nSPS) is 10.4. The van der Waals surface area contributed by atoms with Gasteiger partial charge >= 0.3 is 29.0 Å². The molecule has 0 radical (unpaired) electrons. The standard InChI is InChI=1S/C9H10BrN3O7/c10-13-8(19)11(3-1-5(14)15)7(18)12(9(13)20)4-2-6(16)17/h1-4H2,(H,14,15)(H,16,17). The number of nitrogens with zero attached hydrogens (tertiary/aromatic N) is 3. The van der Waals surface area contributed by atoms with Gasteiger partial charge in [0.15, 0.2) is 0 Å². The van der Waals surface area contributed by atoms with Crippen molar-refractivity contribution in [2.75, 3.05) is 0 Å². The van der Waals surface area contributed by atoms with E-state index in [1.807, 2.05) is 0 Å². The van der Waals surface area contributed by atoms with Crippen molar-refractivity contribution in [3.8, 4) is 0 Å². The van der Waals surface area contributed by atoms with Gasteiger partial charge in [-0.05, 0) is 0 Å². The first-order valence-electron chi connectivity index (χ1n) is 5.32. The van der Waals surface area contributed by atoms with E-state index in [2.05, 4.69) is 16.1 Å². The minimum atomic E-state index is -1.22. The highest BCUT2D eigenvalue weighted by Crippen LogP contribution is 1.87. The number of halogens is 1. The first-order chi connectivity index (χ1) is 9.25. The molecule has 10 nitrogen and oxygen atoms in total. The van der Waals surface area contributed by atoms with Gasteiger partial charge in [0.05, 0.1) is 29.0 Å². The Morgan fingerprint density at radius 2 is 1.20 bits per heavy atom. The van der Waals surface area contributed by atoms with Crippen molar-refractivity contribution in [2.45, 2.75) is 25.9 Å². The summed E-state index contributed by atoms with van der Waals surface area (Å²) in [7, 11) is 0. The molecular formula is C9H10BrN3O7. The Morgan fingerprint density at radius 1 is 0.850 bits per heavy atom. The summed E-state index contributed by atoms with van der Waals surface area (Å²) >= 11 is 2.65. The lowest BCUT2D eigenvalue weighted by Crippen LogP contribution is -2.52. The van der Waals surface area contributed by atoms with Crippen LogP contribution in [-0.2, 0) is 22.7 Å². The SMILES string of the molecule is O=C(O)CCn1c(=O)n(Br)c(=O)n(CCC(=O)O)c1=O. The maximum Gasteiger partial charge on any atom is 0.346 e. The van der Waals surface area contributed by atoms with Gasteiger partial charge in [-0.3, -0.25) is 9.59 Å². The third kappa shape index (κ3) is 3.44. The van der Waals surface area contributed by atoms with Gasteiger partial charge in [0.25, 0.3) is 0 Å². The van der Waals surface area contributed by atoms with E-state index in [-0.39, 0.29) is 0 Å². The van der Waals surface area contributed by atoms with Gasteiger partial charge in [-0.1, -0.05) is 0 Å². The first-order valence-corrected chi connectivity index (χ1v) is 6.03. The topological polar surface area (TPSA) is 141 Å². The fourth-order valence-electron chi connectivity index (χ4n) is 1.40. The lowest BCUT2D eigenvalue weighted by molar-refractivity contribution is -0.138. The Kier molecular flexibility index (Phi) is 5.02. The van der Waals surface area contributed by atoms with Crippen LogP contribution in [0.5, 0.6) is 0 Å². The van der Waals surface area contributed by atoms with E-state index >= 15 is 0 Å². The van der Waals surface area contributed by atoms with Gasteiger partial charge in [0, 0.05) is 13.1 Å². The highest BCUT2D eigenvalue weighted by atomic mass is 79.9. The maximum absolute atomic E-state index is 11.9. The monoisotopic (exact) mass is 351 g/mol. The second kappa shape index (κ2) is 6.32. The Labute approximate surface area is 118 Å². The molecule has 20 heavy (non-hydrogen) atoms. The summed E-state index contributed by atoms with van der Waals surface area (Å²) in [5.74, 6) is -2.44. The first kappa shape index (κ1) is 15.9. The molecule has 0 spiro atoms. The molecule has 0 atom stereocenters. The molecular weight excluding hydrogens is 342 g/mol. The fourth-order valence-corrected chi connectivity index (χ4v) is 1.78. The molecule has 0 saturated carbocycles. The molecule has 110 valence electrons. The Bertz CT molecular complexity index is 657. The van der Waals surface area contributed by atoms with E-state index in [0.717, 1.165) is 0 Å². The van der Waals surface area contributed by atoms with E-state index in [9.17, 15) is 24.0 Å². The molecule has 0 unspecified atom stereocenters. The smallest absolute Gasteiger partial charge is 0.346 e. The number of aromatic nitrogens is 3. The van der Waals surface area contributed by atoms with Gasteiger partial charge in [0.2, 0.25) is 0 Å². The third-order valence-corrected chi connectivity index (χ3v) is 2.96. The van der Waals surface area contributed by atoms with Crippen LogP contribution in [0.3, 0.4) is 0 Å². The van der Waals surface area contributed by atoms with Crippen LogP contribution in [0.2, 0.25) is 0 Å². The van der Waals surface area contributed by atoms with Crippen LogP contribution in [0.15, 0.2) is 14.4 Å². The van der Waals surface area contributed by atoms with Crippen molar-refractivity contribution in [2.24, 2.45) is 0 Å². The largest absolute Gasteiger partial charge is 0.481 e. The average molecular weight is 352 g/mol. The predicted molar refractivity (Wildman–Crippen MR) is 68.1 cm³/mol. The highest BCUT2D eigenvalue weighted by molar-refractivity contribution is 9.08. The van der Waals surface area contributed by atoms with Gasteiger partial charge in [-0.15, -0.1) is 0 Å². The van der Waals surface area contributed by atoms with Gasteiger partial charge in [-0.2, -0.15) is 3.59 Å². The van der Waals surface area contributed by atoms with Crippen LogP contribution < -0.4 is 17.1 Å². The lowest BCUT2D eigenvalue weighted by Gasteiger charge is -2.09. The number of hydrogen-bond donors (Lipinski definition) is 2. The van der Waals surface area contributed by atoms with E-state index in [4.69, 9.17) is 10.2 Å². The van der Waals surface area contributed by atoms with Crippen LogP contribution in [0.4, 0.5) is 0 Å². The molecule has 1 aromatic heterocycles. The van der Waals surface area contributed by atoms with E-state index in [1.165, 1.54) is 0 Å². The van der Waals surface area contributed by atoms with Crippen LogP contribution >= 0.6 is 16.1 Å². The number of hydrogen-bond acceptors (Lipinski definition) is 5.